The van der Waals surface area contributed by atoms with Gasteiger partial charge in [0.2, 0.25) is 0 Å². The first-order valence-electron chi connectivity index (χ1n) is 12.2. The van der Waals surface area contributed by atoms with E-state index in [-0.39, 0.29) is 30.4 Å². The molecule has 12 heteroatoms. The Bertz CT molecular complexity index is 1560. The number of methoxy groups -OCH3 is 2. The molecule has 4 aromatic rings. The van der Waals surface area contributed by atoms with E-state index in [1.807, 2.05) is 18.2 Å². The molecule has 1 saturated heterocycles. The van der Waals surface area contributed by atoms with Crippen LogP contribution in [0.25, 0.3) is 20.4 Å². The molecule has 1 N–H and O–H groups in total. The molecule has 0 saturated carbocycles. The van der Waals surface area contributed by atoms with Gasteiger partial charge in [0.1, 0.15) is 27.5 Å². The zero-order valence-corrected chi connectivity index (χ0v) is 23.5. The molecule has 2 aliphatic rings. The van der Waals surface area contributed by atoms with Gasteiger partial charge < -0.3 is 24.1 Å². The number of halogens is 2. The maximum Gasteiger partial charge on any atom is 0.328 e. The molecule has 204 valence electrons. The summed E-state index contributed by atoms with van der Waals surface area (Å²) < 4.78 is 19.6. The summed E-state index contributed by atoms with van der Waals surface area (Å²) in [6, 6.07) is 7.74. The van der Waals surface area contributed by atoms with Crippen molar-refractivity contribution >= 4 is 56.6 Å². The molecule has 1 aromatic carbocycles. The SMILES string of the molecule is COc1cccc2c1[C@@H]1CN(CCCCn3c(=O)[nH]c4c(sc5c(OC)ccnc54)c3=O)C[C@@H]1CO2.Cl.Cl. The van der Waals surface area contributed by atoms with Crippen LogP contribution in [0.1, 0.15) is 24.3 Å². The summed E-state index contributed by atoms with van der Waals surface area (Å²) in [6.07, 6.45) is 3.25. The fourth-order valence-electron chi connectivity index (χ4n) is 5.62. The van der Waals surface area contributed by atoms with Crippen molar-refractivity contribution in [2.45, 2.75) is 25.3 Å². The molecule has 0 radical (unpaired) electrons. The molecule has 9 nitrogen and oxygen atoms in total. The Balaban J connectivity index is 0.00000168. The number of hydrogen-bond donors (Lipinski definition) is 1. The lowest BCUT2D eigenvalue weighted by Crippen LogP contribution is -2.34. The third-order valence-corrected chi connectivity index (χ3v) is 8.55. The largest absolute Gasteiger partial charge is 0.496 e. The molecule has 2 aliphatic heterocycles. The van der Waals surface area contributed by atoms with Gasteiger partial charge in [-0.1, -0.05) is 6.07 Å². The number of nitrogens with one attached hydrogen (secondary N) is 1. The predicted molar refractivity (Wildman–Crippen MR) is 153 cm³/mol. The maximum atomic E-state index is 13.2. The summed E-state index contributed by atoms with van der Waals surface area (Å²) in [5, 5.41) is 0. The van der Waals surface area contributed by atoms with Crippen molar-refractivity contribution < 1.29 is 14.2 Å². The van der Waals surface area contributed by atoms with E-state index in [4.69, 9.17) is 14.2 Å². The Labute approximate surface area is 235 Å². The number of unbranched alkanes of at least 4 members (excludes halogenated alkanes) is 1. The van der Waals surface area contributed by atoms with Gasteiger partial charge in [-0.25, -0.2) is 4.79 Å². The molecule has 0 aliphatic carbocycles. The molecule has 0 unspecified atom stereocenters. The zero-order chi connectivity index (χ0) is 24.8. The monoisotopic (exact) mass is 580 g/mol. The summed E-state index contributed by atoms with van der Waals surface area (Å²) in [7, 11) is 3.29. The lowest BCUT2D eigenvalue weighted by molar-refractivity contribution is 0.209. The first kappa shape index (κ1) is 28.2. The fourth-order valence-corrected chi connectivity index (χ4v) is 6.78. The van der Waals surface area contributed by atoms with Crippen LogP contribution >= 0.6 is 36.2 Å². The molecule has 38 heavy (non-hydrogen) atoms. The molecular formula is C26H30Cl2N4O5S. The van der Waals surface area contributed by atoms with Crippen molar-refractivity contribution in [3.63, 3.8) is 0 Å². The lowest BCUT2D eigenvalue weighted by atomic mass is 9.86. The van der Waals surface area contributed by atoms with E-state index >= 15 is 0 Å². The molecule has 2 atom stereocenters. The zero-order valence-electron chi connectivity index (χ0n) is 21.1. The fraction of sp³-hybridized carbons (Fsp3) is 0.423. The maximum absolute atomic E-state index is 13.2. The van der Waals surface area contributed by atoms with Gasteiger partial charge in [0.15, 0.2) is 0 Å². The van der Waals surface area contributed by atoms with Crippen molar-refractivity contribution in [1.29, 1.82) is 0 Å². The van der Waals surface area contributed by atoms with E-state index in [0.717, 1.165) is 55.3 Å². The van der Waals surface area contributed by atoms with E-state index in [2.05, 4.69) is 14.9 Å². The summed E-state index contributed by atoms with van der Waals surface area (Å²) in [5.41, 5.74) is 1.59. The van der Waals surface area contributed by atoms with Gasteiger partial charge in [-0.2, -0.15) is 0 Å². The average Bonchev–Trinajstić information content (AvgIpc) is 3.49. The van der Waals surface area contributed by atoms with Gasteiger partial charge in [0.05, 0.1) is 31.0 Å². The highest BCUT2D eigenvalue weighted by Gasteiger charge is 2.40. The molecule has 6 rings (SSSR count). The summed E-state index contributed by atoms with van der Waals surface area (Å²) in [5.74, 6) is 3.31. The van der Waals surface area contributed by atoms with Crippen molar-refractivity contribution in [1.82, 2.24) is 19.4 Å². The van der Waals surface area contributed by atoms with Crippen LogP contribution in [0, 0.1) is 5.92 Å². The van der Waals surface area contributed by atoms with Crippen LogP contribution in [0.5, 0.6) is 17.2 Å². The number of nitrogens with zero attached hydrogens (tertiary/aromatic N) is 3. The number of rotatable bonds is 7. The number of H-pyrrole nitrogens is 1. The van der Waals surface area contributed by atoms with Crippen LogP contribution < -0.4 is 25.5 Å². The smallest absolute Gasteiger partial charge is 0.328 e. The highest BCUT2D eigenvalue weighted by Crippen LogP contribution is 2.46. The van der Waals surface area contributed by atoms with E-state index in [0.29, 0.717) is 39.9 Å². The van der Waals surface area contributed by atoms with E-state index in [1.165, 1.54) is 21.5 Å². The summed E-state index contributed by atoms with van der Waals surface area (Å²) in [4.78, 5) is 35.6. The van der Waals surface area contributed by atoms with Crippen molar-refractivity contribution in [3.8, 4) is 17.2 Å². The Morgan fingerprint density at radius 2 is 1.84 bits per heavy atom. The topological polar surface area (TPSA) is 98.7 Å². The van der Waals surface area contributed by atoms with Crippen molar-refractivity contribution in [3.05, 3.63) is 56.9 Å². The standard InChI is InChI=1S/C26H28N4O5S.2ClH/c1-33-17-6-5-7-18-20(17)16-13-29(12-15(16)14-35-18)10-3-4-11-30-25(31)24-22(28-26(30)32)21-23(36-24)19(34-2)8-9-27-21;;/h5-9,15-16H,3-4,10-14H2,1-2H3,(H,28,32);2*1H/t15-,16-;;/m1../s1. The second-order valence-electron chi connectivity index (χ2n) is 9.40. The summed E-state index contributed by atoms with van der Waals surface area (Å²) in [6.45, 7) is 3.95. The first-order chi connectivity index (χ1) is 17.6. The normalized spacial score (nSPS) is 18.3. The first-order valence-corrected chi connectivity index (χ1v) is 13.0. The second-order valence-corrected chi connectivity index (χ2v) is 10.4. The van der Waals surface area contributed by atoms with E-state index in [9.17, 15) is 9.59 Å². The molecule has 0 spiro atoms. The number of benzene rings is 1. The third-order valence-electron chi connectivity index (χ3n) is 7.37. The molecule has 1 fully saturated rings. The van der Waals surface area contributed by atoms with Gasteiger partial charge in [0.25, 0.3) is 5.56 Å². The Hall–Kier alpha value is -2.79. The average molecular weight is 582 g/mol. The number of likely N-dealkylation sites (tertiary alicyclic amines) is 1. The van der Waals surface area contributed by atoms with Gasteiger partial charge >= 0.3 is 5.69 Å². The van der Waals surface area contributed by atoms with Crippen LogP contribution in [0.3, 0.4) is 0 Å². The second kappa shape index (κ2) is 11.5. The van der Waals surface area contributed by atoms with E-state index < -0.39 is 5.69 Å². The van der Waals surface area contributed by atoms with Crippen LogP contribution in [-0.4, -0.2) is 59.9 Å². The lowest BCUT2D eigenvalue weighted by Gasteiger charge is -2.29. The number of aromatic nitrogens is 3. The van der Waals surface area contributed by atoms with Crippen LogP contribution in [-0.2, 0) is 6.54 Å². The minimum atomic E-state index is -0.398. The van der Waals surface area contributed by atoms with E-state index in [1.54, 1.807) is 26.5 Å². The van der Waals surface area contributed by atoms with Gasteiger partial charge in [-0.15, -0.1) is 36.2 Å². The minimum absolute atomic E-state index is 0. The Kier molecular flexibility index (Phi) is 8.56. The number of pyridine rings is 1. The highest BCUT2D eigenvalue weighted by molar-refractivity contribution is 7.26. The molecule has 0 bridgehead atoms. The number of thiophene rings is 1. The number of ether oxygens (including phenoxy) is 3. The highest BCUT2D eigenvalue weighted by atomic mass is 35.5. The van der Waals surface area contributed by atoms with Gasteiger partial charge in [-0.05, 0) is 37.6 Å². The molecular weight excluding hydrogens is 551 g/mol. The van der Waals surface area contributed by atoms with Gasteiger partial charge in [-0.3, -0.25) is 14.3 Å². The Morgan fingerprint density at radius 3 is 2.63 bits per heavy atom. The Morgan fingerprint density at radius 1 is 1.05 bits per heavy atom. The van der Waals surface area contributed by atoms with Crippen molar-refractivity contribution in [2.75, 3.05) is 40.5 Å². The number of hydrogen-bond acceptors (Lipinski definition) is 8. The predicted octanol–water partition coefficient (Wildman–Crippen LogP) is 4.05. The molecule has 5 heterocycles. The minimum Gasteiger partial charge on any atom is -0.496 e. The summed E-state index contributed by atoms with van der Waals surface area (Å²) >= 11 is 1.31. The molecule has 0 amide bonds. The quantitative estimate of drug-likeness (QED) is 0.329. The number of aromatic amines is 1. The van der Waals surface area contributed by atoms with Crippen molar-refractivity contribution in [2.24, 2.45) is 5.92 Å². The molecule has 3 aromatic heterocycles. The number of fused-ring (bicyclic) bond motifs is 6. The van der Waals surface area contributed by atoms with Gasteiger partial charge in [0, 0.05) is 43.2 Å². The van der Waals surface area contributed by atoms with Crippen LogP contribution in [0.4, 0.5) is 0 Å². The van der Waals surface area contributed by atoms with Crippen LogP contribution in [0.15, 0.2) is 40.1 Å². The van der Waals surface area contributed by atoms with Crippen LogP contribution in [0.2, 0.25) is 0 Å². The third kappa shape index (κ3) is 4.75.